The molecule has 0 unspecified atom stereocenters. The van der Waals surface area contributed by atoms with Gasteiger partial charge in [0.25, 0.3) is 0 Å². The SMILES string of the molecule is c1ccc(-c2cc3oc4cccc(-c5nc(-c6ccc7ccccc7c6)nc(-c6cccc7oc8ccccc8c67)n5)c4c3cn2)cc1. The molecule has 0 aliphatic heterocycles. The van der Waals surface area contributed by atoms with Crippen molar-refractivity contribution in [2.75, 3.05) is 0 Å². The highest BCUT2D eigenvalue weighted by molar-refractivity contribution is 6.13. The molecule has 0 atom stereocenters. The second kappa shape index (κ2) is 10.4. The summed E-state index contributed by atoms with van der Waals surface area (Å²) < 4.78 is 12.7. The van der Waals surface area contributed by atoms with Gasteiger partial charge in [0.15, 0.2) is 17.5 Å². The first kappa shape index (κ1) is 26.5. The summed E-state index contributed by atoms with van der Waals surface area (Å²) in [4.78, 5) is 20.2. The predicted molar refractivity (Wildman–Crippen MR) is 191 cm³/mol. The summed E-state index contributed by atoms with van der Waals surface area (Å²) in [5.74, 6) is 1.70. The third-order valence-electron chi connectivity index (χ3n) is 8.98. The van der Waals surface area contributed by atoms with E-state index in [9.17, 15) is 0 Å². The maximum absolute atomic E-state index is 6.43. The summed E-state index contributed by atoms with van der Waals surface area (Å²) in [6, 6.07) is 46.8. The van der Waals surface area contributed by atoms with E-state index in [1.807, 2.05) is 103 Å². The third kappa shape index (κ3) is 4.20. The Morgan fingerprint density at radius 2 is 1.02 bits per heavy atom. The minimum atomic E-state index is 0.549. The highest BCUT2D eigenvalue weighted by atomic mass is 16.3. The summed E-state index contributed by atoms with van der Waals surface area (Å²) in [5, 5.41) is 6.07. The molecule has 0 aliphatic rings. The van der Waals surface area contributed by atoms with Gasteiger partial charge in [0.1, 0.15) is 22.3 Å². The second-order valence-electron chi connectivity index (χ2n) is 11.9. The summed E-state index contributed by atoms with van der Waals surface area (Å²) in [7, 11) is 0. The van der Waals surface area contributed by atoms with E-state index in [2.05, 4.69) is 42.5 Å². The van der Waals surface area contributed by atoms with Crippen molar-refractivity contribution in [1.82, 2.24) is 19.9 Å². The van der Waals surface area contributed by atoms with Gasteiger partial charge in [-0.05, 0) is 35.0 Å². The third-order valence-corrected chi connectivity index (χ3v) is 8.98. The van der Waals surface area contributed by atoms with Gasteiger partial charge in [0, 0.05) is 56.1 Å². The van der Waals surface area contributed by atoms with Gasteiger partial charge < -0.3 is 8.83 Å². The fourth-order valence-corrected chi connectivity index (χ4v) is 6.71. The lowest BCUT2D eigenvalue weighted by Crippen LogP contribution is -2.00. The molecular weight excluding hydrogens is 592 g/mol. The Balaban J connectivity index is 1.23. The number of hydrogen-bond acceptors (Lipinski definition) is 6. The van der Waals surface area contributed by atoms with Crippen LogP contribution in [0, 0.1) is 0 Å². The quantitative estimate of drug-likeness (QED) is 0.196. The Morgan fingerprint density at radius 3 is 1.81 bits per heavy atom. The maximum Gasteiger partial charge on any atom is 0.164 e. The Labute approximate surface area is 274 Å². The van der Waals surface area contributed by atoms with Gasteiger partial charge in [-0.15, -0.1) is 0 Å². The lowest BCUT2D eigenvalue weighted by atomic mass is 10.0. The molecule has 10 rings (SSSR count). The molecule has 0 aliphatic carbocycles. The van der Waals surface area contributed by atoms with Crippen molar-refractivity contribution in [2.45, 2.75) is 0 Å². The Morgan fingerprint density at radius 1 is 0.396 bits per heavy atom. The van der Waals surface area contributed by atoms with Crippen LogP contribution in [0.2, 0.25) is 0 Å². The summed E-state index contributed by atoms with van der Waals surface area (Å²) in [5.41, 5.74) is 7.61. The fraction of sp³-hybridized carbons (Fsp3) is 0. The zero-order valence-corrected chi connectivity index (χ0v) is 25.5. The van der Waals surface area contributed by atoms with Gasteiger partial charge in [-0.25, -0.2) is 15.0 Å². The van der Waals surface area contributed by atoms with Gasteiger partial charge in [0.05, 0.1) is 5.69 Å². The Bertz CT molecular complexity index is 2850. The van der Waals surface area contributed by atoms with Crippen LogP contribution in [0.15, 0.2) is 155 Å². The number of pyridine rings is 1. The normalized spacial score (nSPS) is 11.8. The summed E-state index contributed by atoms with van der Waals surface area (Å²) in [6.07, 6.45) is 1.89. The molecule has 0 saturated heterocycles. The monoisotopic (exact) mass is 616 g/mol. The maximum atomic E-state index is 6.43. The van der Waals surface area contributed by atoms with Crippen LogP contribution < -0.4 is 0 Å². The number of para-hydroxylation sites is 1. The highest BCUT2D eigenvalue weighted by Gasteiger charge is 2.21. The van der Waals surface area contributed by atoms with Crippen LogP contribution in [0.1, 0.15) is 0 Å². The lowest BCUT2D eigenvalue weighted by Gasteiger charge is -2.10. The second-order valence-corrected chi connectivity index (χ2v) is 11.9. The molecule has 0 saturated carbocycles. The topological polar surface area (TPSA) is 77.8 Å². The van der Waals surface area contributed by atoms with Crippen molar-refractivity contribution in [3.05, 3.63) is 146 Å². The van der Waals surface area contributed by atoms with E-state index < -0.39 is 0 Å². The van der Waals surface area contributed by atoms with E-state index in [-0.39, 0.29) is 0 Å². The number of rotatable bonds is 4. The Kier molecular flexibility index (Phi) is 5.77. The largest absolute Gasteiger partial charge is 0.456 e. The first-order chi connectivity index (χ1) is 23.8. The van der Waals surface area contributed by atoms with Gasteiger partial charge in [-0.2, -0.15) is 0 Å². The molecule has 0 amide bonds. The molecule has 0 radical (unpaired) electrons. The van der Waals surface area contributed by atoms with Crippen LogP contribution >= 0.6 is 0 Å². The Hall–Kier alpha value is -6.66. The van der Waals surface area contributed by atoms with E-state index in [0.717, 1.165) is 82.6 Å². The molecule has 224 valence electrons. The minimum absolute atomic E-state index is 0.549. The van der Waals surface area contributed by atoms with E-state index in [4.69, 9.17) is 28.8 Å². The summed E-state index contributed by atoms with van der Waals surface area (Å²) >= 11 is 0. The molecule has 4 aromatic heterocycles. The molecule has 6 aromatic carbocycles. The molecule has 0 fully saturated rings. The van der Waals surface area contributed by atoms with Crippen molar-refractivity contribution < 1.29 is 8.83 Å². The molecule has 6 nitrogen and oxygen atoms in total. The van der Waals surface area contributed by atoms with Crippen molar-refractivity contribution in [1.29, 1.82) is 0 Å². The lowest BCUT2D eigenvalue weighted by molar-refractivity contribution is 0.668. The first-order valence-corrected chi connectivity index (χ1v) is 15.8. The van der Waals surface area contributed by atoms with Crippen LogP contribution in [0.3, 0.4) is 0 Å². The average Bonchev–Trinajstić information content (AvgIpc) is 3.73. The predicted octanol–water partition coefficient (Wildman–Crippen LogP) is 10.9. The van der Waals surface area contributed by atoms with E-state index in [1.54, 1.807) is 0 Å². The number of nitrogens with zero attached hydrogens (tertiary/aromatic N) is 4. The van der Waals surface area contributed by atoms with E-state index in [1.165, 1.54) is 0 Å². The van der Waals surface area contributed by atoms with Crippen LogP contribution in [-0.4, -0.2) is 19.9 Å². The summed E-state index contributed by atoms with van der Waals surface area (Å²) in [6.45, 7) is 0. The number of fused-ring (bicyclic) bond motifs is 7. The van der Waals surface area contributed by atoms with Gasteiger partial charge in [0.2, 0.25) is 0 Å². The molecule has 0 N–H and O–H groups in total. The molecule has 0 bridgehead atoms. The van der Waals surface area contributed by atoms with Crippen molar-refractivity contribution in [3.63, 3.8) is 0 Å². The van der Waals surface area contributed by atoms with Crippen molar-refractivity contribution in [2.24, 2.45) is 0 Å². The van der Waals surface area contributed by atoms with Crippen LogP contribution in [0.5, 0.6) is 0 Å². The van der Waals surface area contributed by atoms with Crippen molar-refractivity contribution >= 4 is 54.6 Å². The zero-order chi connectivity index (χ0) is 31.6. The smallest absolute Gasteiger partial charge is 0.164 e. The first-order valence-electron chi connectivity index (χ1n) is 15.8. The van der Waals surface area contributed by atoms with E-state index >= 15 is 0 Å². The molecule has 10 aromatic rings. The standard InChI is InChI=1S/C42H24N4O2/c1-2-11-26(12-3-1)33-23-37-32(24-43-33)39-31(16-9-19-36(39)48-37)42-45-40(28-21-20-25-10-4-5-13-27(25)22-28)44-41(46-42)30-15-8-18-35-38(30)29-14-6-7-17-34(29)47-35/h1-24H. The van der Waals surface area contributed by atoms with Gasteiger partial charge in [-0.1, -0.05) is 109 Å². The molecular formula is C42H24N4O2. The molecule has 48 heavy (non-hydrogen) atoms. The highest BCUT2D eigenvalue weighted by Crippen LogP contribution is 2.39. The number of hydrogen-bond donors (Lipinski definition) is 0. The zero-order valence-electron chi connectivity index (χ0n) is 25.5. The molecule has 0 spiro atoms. The fourth-order valence-electron chi connectivity index (χ4n) is 6.71. The van der Waals surface area contributed by atoms with Crippen molar-refractivity contribution in [3.8, 4) is 45.4 Å². The molecule has 4 heterocycles. The van der Waals surface area contributed by atoms with Crippen LogP contribution in [0.25, 0.3) is 100 Å². The van der Waals surface area contributed by atoms with Gasteiger partial charge >= 0.3 is 0 Å². The van der Waals surface area contributed by atoms with Crippen LogP contribution in [0.4, 0.5) is 0 Å². The molecule has 6 heteroatoms. The number of furan rings is 2. The van der Waals surface area contributed by atoms with Crippen LogP contribution in [-0.2, 0) is 0 Å². The number of aromatic nitrogens is 4. The average molecular weight is 617 g/mol. The van der Waals surface area contributed by atoms with Gasteiger partial charge in [-0.3, -0.25) is 4.98 Å². The minimum Gasteiger partial charge on any atom is -0.456 e. The van der Waals surface area contributed by atoms with E-state index in [0.29, 0.717) is 17.5 Å². The number of benzene rings is 6.